The lowest BCUT2D eigenvalue weighted by Gasteiger charge is -2.25. The molecule has 0 saturated carbocycles. The fourth-order valence-electron chi connectivity index (χ4n) is 3.59. The molecule has 0 bridgehead atoms. The van der Waals surface area contributed by atoms with E-state index in [1.54, 1.807) is 29.8 Å². The topological polar surface area (TPSA) is 67.3 Å². The number of fused-ring (bicyclic) bond motifs is 1. The highest BCUT2D eigenvalue weighted by Crippen LogP contribution is 2.42. The number of hydrogen-bond acceptors (Lipinski definition) is 6. The van der Waals surface area contributed by atoms with E-state index in [0.717, 1.165) is 13.0 Å². The molecule has 0 radical (unpaired) electrons. The van der Waals surface area contributed by atoms with Crippen molar-refractivity contribution in [2.24, 2.45) is 11.3 Å². The molecule has 126 valence electrons. The van der Waals surface area contributed by atoms with Crippen LogP contribution in [0.2, 0.25) is 0 Å². The van der Waals surface area contributed by atoms with Gasteiger partial charge in [0.2, 0.25) is 11.9 Å². The molecular formula is C17H20N4O2S. The zero-order valence-corrected chi connectivity index (χ0v) is 14.2. The molecule has 1 amide bonds. The number of carbonyl (C=O) groups is 1. The smallest absolute Gasteiger partial charge is 0.230 e. The van der Waals surface area contributed by atoms with Crippen molar-refractivity contribution in [1.82, 2.24) is 15.3 Å². The summed E-state index contributed by atoms with van der Waals surface area (Å²) in [7, 11) is 0. The second-order valence-electron chi connectivity index (χ2n) is 6.38. The molecule has 0 aliphatic carbocycles. The van der Waals surface area contributed by atoms with Gasteiger partial charge in [-0.25, -0.2) is 9.97 Å². The molecule has 0 aromatic carbocycles. The second kappa shape index (κ2) is 6.49. The van der Waals surface area contributed by atoms with Crippen molar-refractivity contribution in [1.29, 1.82) is 0 Å². The van der Waals surface area contributed by atoms with E-state index in [0.29, 0.717) is 32.3 Å². The Balaban J connectivity index is 1.43. The normalized spacial score (nSPS) is 25.7. The van der Waals surface area contributed by atoms with Crippen molar-refractivity contribution in [3.8, 4) is 0 Å². The molecule has 1 N–H and O–H groups in total. The molecule has 2 aliphatic rings. The first-order valence-corrected chi connectivity index (χ1v) is 9.06. The highest BCUT2D eigenvalue weighted by Gasteiger charge is 2.56. The van der Waals surface area contributed by atoms with Crippen molar-refractivity contribution in [3.05, 3.63) is 40.8 Å². The van der Waals surface area contributed by atoms with Crippen LogP contribution in [0.1, 0.15) is 4.88 Å². The Labute approximate surface area is 144 Å². The van der Waals surface area contributed by atoms with Gasteiger partial charge in [0.15, 0.2) is 0 Å². The van der Waals surface area contributed by atoms with Gasteiger partial charge in [-0.2, -0.15) is 0 Å². The van der Waals surface area contributed by atoms with Gasteiger partial charge in [-0.1, -0.05) is 6.07 Å². The third-order valence-corrected chi connectivity index (χ3v) is 5.83. The van der Waals surface area contributed by atoms with E-state index in [4.69, 9.17) is 4.74 Å². The molecule has 24 heavy (non-hydrogen) atoms. The summed E-state index contributed by atoms with van der Waals surface area (Å²) in [6.45, 7) is 3.15. The quantitative estimate of drug-likeness (QED) is 0.887. The molecular weight excluding hydrogens is 324 g/mol. The number of ether oxygens (including phenoxy) is 1. The molecule has 7 heteroatoms. The van der Waals surface area contributed by atoms with Gasteiger partial charge in [-0.05, 0) is 23.9 Å². The fourth-order valence-corrected chi connectivity index (χ4v) is 4.30. The SMILES string of the molecule is O=C(NCCc1cccs1)[C@]12COC[C@H]1CN(c1ncccn1)C2. The van der Waals surface area contributed by atoms with E-state index in [9.17, 15) is 4.79 Å². The number of aromatic nitrogens is 2. The molecule has 4 heterocycles. The van der Waals surface area contributed by atoms with Crippen LogP contribution in [0.5, 0.6) is 0 Å². The van der Waals surface area contributed by atoms with Crippen LogP contribution >= 0.6 is 11.3 Å². The summed E-state index contributed by atoms with van der Waals surface area (Å²) in [6, 6.07) is 5.94. The Bertz CT molecular complexity index is 694. The molecule has 0 unspecified atom stereocenters. The van der Waals surface area contributed by atoms with Gasteiger partial charge >= 0.3 is 0 Å². The summed E-state index contributed by atoms with van der Waals surface area (Å²) >= 11 is 1.72. The van der Waals surface area contributed by atoms with Crippen LogP contribution in [-0.4, -0.2) is 48.7 Å². The van der Waals surface area contributed by atoms with Crippen LogP contribution < -0.4 is 10.2 Å². The third kappa shape index (κ3) is 2.78. The first-order chi connectivity index (χ1) is 11.8. The van der Waals surface area contributed by atoms with Crippen LogP contribution in [0, 0.1) is 11.3 Å². The highest BCUT2D eigenvalue weighted by molar-refractivity contribution is 7.09. The van der Waals surface area contributed by atoms with Gasteiger partial charge in [0.05, 0.1) is 18.6 Å². The maximum atomic E-state index is 12.9. The molecule has 2 aromatic rings. The highest BCUT2D eigenvalue weighted by atomic mass is 32.1. The minimum Gasteiger partial charge on any atom is -0.380 e. The summed E-state index contributed by atoms with van der Waals surface area (Å²) < 4.78 is 5.65. The van der Waals surface area contributed by atoms with E-state index >= 15 is 0 Å². The molecule has 2 atom stereocenters. The lowest BCUT2D eigenvalue weighted by atomic mass is 9.80. The Morgan fingerprint density at radius 1 is 1.42 bits per heavy atom. The molecule has 2 aromatic heterocycles. The van der Waals surface area contributed by atoms with Crippen LogP contribution in [-0.2, 0) is 16.0 Å². The van der Waals surface area contributed by atoms with Crippen LogP contribution in [0.3, 0.4) is 0 Å². The average molecular weight is 344 g/mol. The zero-order chi connectivity index (χ0) is 16.4. The summed E-state index contributed by atoms with van der Waals surface area (Å²) in [6.07, 6.45) is 4.35. The van der Waals surface area contributed by atoms with Crippen LogP contribution in [0.25, 0.3) is 0 Å². The van der Waals surface area contributed by atoms with E-state index < -0.39 is 5.41 Å². The fraction of sp³-hybridized carbons (Fsp3) is 0.471. The largest absolute Gasteiger partial charge is 0.380 e. The molecule has 4 rings (SSSR count). The summed E-state index contributed by atoms with van der Waals surface area (Å²) in [5, 5.41) is 5.18. The van der Waals surface area contributed by atoms with Crippen molar-refractivity contribution in [2.45, 2.75) is 6.42 Å². The number of carbonyl (C=O) groups excluding carboxylic acids is 1. The number of anilines is 1. The molecule has 2 aliphatic heterocycles. The lowest BCUT2D eigenvalue weighted by molar-refractivity contribution is -0.131. The zero-order valence-electron chi connectivity index (χ0n) is 13.4. The van der Waals surface area contributed by atoms with Gasteiger partial charge in [0, 0.05) is 42.8 Å². The second-order valence-corrected chi connectivity index (χ2v) is 7.42. The first-order valence-electron chi connectivity index (χ1n) is 8.18. The summed E-state index contributed by atoms with van der Waals surface area (Å²) in [5.74, 6) is 0.987. The van der Waals surface area contributed by atoms with E-state index in [-0.39, 0.29) is 11.8 Å². The summed E-state index contributed by atoms with van der Waals surface area (Å²) in [5.41, 5.74) is -0.478. The predicted molar refractivity (Wildman–Crippen MR) is 92.0 cm³/mol. The molecule has 2 saturated heterocycles. The number of thiophene rings is 1. The van der Waals surface area contributed by atoms with Gasteiger partial charge < -0.3 is 15.0 Å². The molecule has 6 nitrogen and oxygen atoms in total. The number of amides is 1. The van der Waals surface area contributed by atoms with Crippen LogP contribution in [0.4, 0.5) is 5.95 Å². The predicted octanol–water partition coefficient (Wildman–Crippen LogP) is 1.35. The maximum Gasteiger partial charge on any atom is 0.230 e. The average Bonchev–Trinajstić information content (AvgIpc) is 3.31. The standard InChI is InChI=1S/C17H20N4O2S/c22-15(18-7-4-14-3-1-8-24-14)17-11-21(9-13(17)10-23-12-17)16-19-5-2-6-20-16/h1-3,5-6,8,13H,4,7,9-12H2,(H,18,22)/t13-,17-/m1/s1. The van der Waals surface area contributed by atoms with Crippen molar-refractivity contribution < 1.29 is 9.53 Å². The van der Waals surface area contributed by atoms with Crippen molar-refractivity contribution in [3.63, 3.8) is 0 Å². The summed E-state index contributed by atoms with van der Waals surface area (Å²) in [4.78, 5) is 24.9. The monoisotopic (exact) mass is 344 g/mol. The van der Waals surface area contributed by atoms with Crippen molar-refractivity contribution in [2.75, 3.05) is 37.7 Å². The first kappa shape index (κ1) is 15.5. The van der Waals surface area contributed by atoms with E-state index in [1.165, 1.54) is 4.88 Å². The van der Waals surface area contributed by atoms with Gasteiger partial charge in [0.25, 0.3) is 0 Å². The van der Waals surface area contributed by atoms with Crippen molar-refractivity contribution >= 4 is 23.2 Å². The maximum absolute atomic E-state index is 12.9. The van der Waals surface area contributed by atoms with Gasteiger partial charge in [-0.15, -0.1) is 11.3 Å². The molecule has 2 fully saturated rings. The van der Waals surface area contributed by atoms with Gasteiger partial charge in [-0.3, -0.25) is 4.79 Å². The van der Waals surface area contributed by atoms with Gasteiger partial charge in [0.1, 0.15) is 0 Å². The Kier molecular flexibility index (Phi) is 4.20. The third-order valence-electron chi connectivity index (χ3n) is 4.90. The lowest BCUT2D eigenvalue weighted by Crippen LogP contribution is -2.47. The Morgan fingerprint density at radius 2 is 2.29 bits per heavy atom. The van der Waals surface area contributed by atoms with E-state index in [1.807, 2.05) is 6.07 Å². The number of nitrogens with one attached hydrogen (secondary N) is 1. The Hall–Kier alpha value is -1.99. The number of rotatable bonds is 5. The Morgan fingerprint density at radius 3 is 3.08 bits per heavy atom. The minimum atomic E-state index is -0.478. The minimum absolute atomic E-state index is 0.0972. The van der Waals surface area contributed by atoms with Crippen LogP contribution in [0.15, 0.2) is 36.0 Å². The van der Waals surface area contributed by atoms with E-state index in [2.05, 4.69) is 31.6 Å². The number of hydrogen-bond donors (Lipinski definition) is 1. The number of nitrogens with zero attached hydrogens (tertiary/aromatic N) is 3. The molecule has 0 spiro atoms.